The zero-order valence-corrected chi connectivity index (χ0v) is 17.8. The number of rotatable bonds is 8. The summed E-state index contributed by atoms with van der Waals surface area (Å²) in [7, 11) is 0. The topological polar surface area (TPSA) is 164 Å². The van der Waals surface area contributed by atoms with Crippen molar-refractivity contribution >= 4 is 29.8 Å². The summed E-state index contributed by atoms with van der Waals surface area (Å²) in [6, 6.07) is 6.38. The van der Waals surface area contributed by atoms with E-state index in [1.54, 1.807) is 6.92 Å². The molecular weight excluding hydrogens is 435 g/mol. The fraction of sp³-hybridized carbons (Fsp3) is 0.381. The molecule has 1 fully saturated rings. The predicted octanol–water partition coefficient (Wildman–Crippen LogP) is 2.25. The molecule has 0 aliphatic carbocycles. The number of aromatic nitrogens is 2. The third-order valence-electron chi connectivity index (χ3n) is 5.52. The second-order valence-corrected chi connectivity index (χ2v) is 7.42. The number of halogens is 1. The van der Waals surface area contributed by atoms with Crippen molar-refractivity contribution in [1.82, 2.24) is 14.7 Å². The molecule has 3 rings (SSSR count). The van der Waals surface area contributed by atoms with Crippen LogP contribution in [0.25, 0.3) is 0 Å². The summed E-state index contributed by atoms with van der Waals surface area (Å²) in [6.07, 6.45) is 0.288. The van der Waals surface area contributed by atoms with E-state index in [0.29, 0.717) is 12.0 Å². The fourth-order valence-electron chi connectivity index (χ4n) is 4.17. The minimum absolute atomic E-state index is 0.0229. The van der Waals surface area contributed by atoms with Gasteiger partial charge in [0.25, 0.3) is 5.91 Å². The van der Waals surface area contributed by atoms with Crippen molar-refractivity contribution in [3.63, 3.8) is 0 Å². The number of hydrogen-bond acceptors (Lipinski definition) is 7. The highest BCUT2D eigenvalue weighted by Crippen LogP contribution is 2.44. The van der Waals surface area contributed by atoms with Crippen molar-refractivity contribution in [3.05, 3.63) is 41.8 Å². The lowest BCUT2D eigenvalue weighted by atomic mass is 9.82. The van der Waals surface area contributed by atoms with Crippen LogP contribution in [0.3, 0.4) is 0 Å². The predicted molar refractivity (Wildman–Crippen MR) is 113 cm³/mol. The Morgan fingerprint density at radius 1 is 1.45 bits per heavy atom. The molecule has 0 radical (unpaired) electrons. The number of carbonyl (C=O) groups excluding carboxylic acids is 2. The van der Waals surface area contributed by atoms with Gasteiger partial charge < -0.3 is 25.7 Å². The summed E-state index contributed by atoms with van der Waals surface area (Å²) in [4.78, 5) is 36.8. The van der Waals surface area contributed by atoms with Gasteiger partial charge in [-0.2, -0.15) is 10.4 Å². The van der Waals surface area contributed by atoms with Crippen molar-refractivity contribution in [2.75, 3.05) is 18.5 Å². The van der Waals surface area contributed by atoms with E-state index in [-0.39, 0.29) is 37.4 Å². The molecule has 2 aromatic rings. The summed E-state index contributed by atoms with van der Waals surface area (Å²) in [5, 5.41) is 26.9. The number of anilines is 2. The van der Waals surface area contributed by atoms with Crippen molar-refractivity contribution in [2.24, 2.45) is 11.7 Å². The minimum Gasteiger partial charge on any atom is -0.465 e. The van der Waals surface area contributed by atoms with Gasteiger partial charge in [0.1, 0.15) is 23.7 Å². The Hall–Kier alpha value is -3.98. The van der Waals surface area contributed by atoms with E-state index in [1.165, 1.54) is 35.1 Å². The maximum atomic E-state index is 13.2. The highest BCUT2D eigenvalue weighted by atomic mass is 19.1. The Kier molecular flexibility index (Phi) is 6.93. The van der Waals surface area contributed by atoms with E-state index < -0.39 is 35.5 Å². The molecule has 1 aromatic heterocycles. The van der Waals surface area contributed by atoms with Gasteiger partial charge >= 0.3 is 6.09 Å². The Balaban J connectivity index is 2.15. The highest BCUT2D eigenvalue weighted by molar-refractivity contribution is 5.98. The van der Waals surface area contributed by atoms with Gasteiger partial charge in [0.15, 0.2) is 11.5 Å². The smallest absolute Gasteiger partial charge is 0.409 e. The molecule has 1 saturated heterocycles. The second-order valence-electron chi connectivity index (χ2n) is 7.42. The first-order valence-corrected chi connectivity index (χ1v) is 10.2. The van der Waals surface area contributed by atoms with E-state index >= 15 is 0 Å². The van der Waals surface area contributed by atoms with Crippen molar-refractivity contribution < 1.29 is 28.6 Å². The zero-order chi connectivity index (χ0) is 24.2. The van der Waals surface area contributed by atoms with Crippen LogP contribution in [0.4, 0.5) is 20.7 Å². The van der Waals surface area contributed by atoms with Crippen LogP contribution >= 0.6 is 0 Å². The largest absolute Gasteiger partial charge is 0.465 e. The second kappa shape index (κ2) is 9.66. The maximum Gasteiger partial charge on any atom is 0.409 e. The molecule has 33 heavy (non-hydrogen) atoms. The molecule has 0 spiro atoms. The SMILES string of the molecule is CCOC1(CC=O)[C@H](n2cc(C(N)=O)c(Nc3ccc(F)cc3)n2)[C@@H](C#N)CCN1C(=O)O. The highest BCUT2D eigenvalue weighted by Gasteiger charge is 2.55. The van der Waals surface area contributed by atoms with Crippen LogP contribution in [0.1, 0.15) is 36.2 Å². The Labute approximate surface area is 188 Å². The summed E-state index contributed by atoms with van der Waals surface area (Å²) in [5.41, 5.74) is 4.16. The number of ether oxygens (including phenoxy) is 1. The van der Waals surface area contributed by atoms with Gasteiger partial charge in [-0.1, -0.05) is 0 Å². The standard InChI is InChI=1S/C21H23FN6O5/c1-2-33-21(8-10-29)17(13(11-23)7-9-27(21)20(31)32)28-12-16(18(24)30)19(26-28)25-15-5-3-14(22)4-6-15/h3-6,10,12-13,17H,2,7-9H2,1H3,(H2,24,30)(H,25,26)(H,31,32)/t13-,17-,21?/m1/s1. The van der Waals surface area contributed by atoms with E-state index in [0.717, 1.165) is 4.90 Å². The number of hydrogen-bond donors (Lipinski definition) is 3. The number of likely N-dealkylation sites (tertiary alicyclic amines) is 1. The van der Waals surface area contributed by atoms with Gasteiger partial charge in [0.05, 0.1) is 18.4 Å². The van der Waals surface area contributed by atoms with Crippen LogP contribution in [0, 0.1) is 23.1 Å². The average Bonchev–Trinajstić information content (AvgIpc) is 3.18. The number of nitriles is 1. The number of nitrogens with zero attached hydrogens (tertiary/aromatic N) is 4. The molecule has 4 N–H and O–H groups in total. The molecule has 0 saturated carbocycles. The monoisotopic (exact) mass is 458 g/mol. The molecule has 1 unspecified atom stereocenters. The summed E-state index contributed by atoms with van der Waals surface area (Å²) >= 11 is 0. The van der Waals surface area contributed by atoms with Gasteiger partial charge in [0.2, 0.25) is 0 Å². The van der Waals surface area contributed by atoms with E-state index in [1.807, 2.05) is 0 Å². The fourth-order valence-corrected chi connectivity index (χ4v) is 4.17. The zero-order valence-electron chi connectivity index (χ0n) is 17.8. The van der Waals surface area contributed by atoms with Crippen LogP contribution in [0.15, 0.2) is 30.5 Å². The third kappa shape index (κ3) is 4.49. The minimum atomic E-state index is -1.73. The van der Waals surface area contributed by atoms with Crippen molar-refractivity contribution in [2.45, 2.75) is 31.5 Å². The first kappa shape index (κ1) is 23.7. The number of benzene rings is 1. The lowest BCUT2D eigenvalue weighted by molar-refractivity contribution is -0.197. The van der Waals surface area contributed by atoms with Crippen LogP contribution in [-0.2, 0) is 9.53 Å². The van der Waals surface area contributed by atoms with Crippen LogP contribution < -0.4 is 11.1 Å². The van der Waals surface area contributed by atoms with Crippen molar-refractivity contribution in [3.8, 4) is 6.07 Å². The quantitative estimate of drug-likeness (QED) is 0.507. The lowest BCUT2D eigenvalue weighted by Gasteiger charge is -2.50. The van der Waals surface area contributed by atoms with E-state index in [2.05, 4.69) is 16.5 Å². The molecule has 12 heteroatoms. The summed E-state index contributed by atoms with van der Waals surface area (Å²) in [5.74, 6) is -2.05. The third-order valence-corrected chi connectivity index (χ3v) is 5.52. The van der Waals surface area contributed by atoms with E-state index in [9.17, 15) is 29.1 Å². The molecule has 1 aromatic carbocycles. The average molecular weight is 458 g/mol. The summed E-state index contributed by atoms with van der Waals surface area (Å²) < 4.78 is 20.3. The first-order valence-electron chi connectivity index (χ1n) is 10.2. The molecule has 2 amide bonds. The van der Waals surface area contributed by atoms with Gasteiger partial charge in [-0.3, -0.25) is 14.4 Å². The Bertz CT molecular complexity index is 1080. The lowest BCUT2D eigenvalue weighted by Crippen LogP contribution is -2.63. The molecule has 1 aliphatic rings. The molecule has 11 nitrogen and oxygen atoms in total. The number of carboxylic acid groups (broad SMARTS) is 1. The number of nitrogens with two attached hydrogens (primary N) is 1. The van der Waals surface area contributed by atoms with Crippen LogP contribution in [0.5, 0.6) is 0 Å². The normalized spacial score (nSPS) is 22.4. The van der Waals surface area contributed by atoms with Gasteiger partial charge in [-0.05, 0) is 37.6 Å². The molecule has 1 aliphatic heterocycles. The number of primary amides is 1. The molecule has 174 valence electrons. The number of piperidine rings is 1. The van der Waals surface area contributed by atoms with Crippen LogP contribution in [0.2, 0.25) is 0 Å². The molecule has 3 atom stereocenters. The van der Waals surface area contributed by atoms with Gasteiger partial charge in [-0.25, -0.2) is 9.18 Å². The van der Waals surface area contributed by atoms with Gasteiger partial charge in [0, 0.05) is 25.0 Å². The van der Waals surface area contributed by atoms with Crippen molar-refractivity contribution in [1.29, 1.82) is 5.26 Å². The van der Waals surface area contributed by atoms with E-state index in [4.69, 9.17) is 10.5 Å². The van der Waals surface area contributed by atoms with Crippen LogP contribution in [-0.4, -0.2) is 57.0 Å². The number of aldehydes is 1. The number of amides is 2. The Morgan fingerprint density at radius 3 is 2.70 bits per heavy atom. The molecule has 2 heterocycles. The number of carbonyl (C=O) groups is 3. The van der Waals surface area contributed by atoms with Gasteiger partial charge in [-0.15, -0.1) is 0 Å². The Morgan fingerprint density at radius 2 is 2.15 bits per heavy atom. The molecular formula is C21H23FN6O5. The summed E-state index contributed by atoms with van der Waals surface area (Å²) in [6.45, 7) is 1.67. The molecule has 0 bridgehead atoms. The maximum absolute atomic E-state index is 13.2. The number of nitrogens with one attached hydrogen (secondary N) is 1. The first-order chi connectivity index (χ1) is 15.8.